The number of aliphatic hydroxyl groups excluding tert-OH is 2. The van der Waals surface area contributed by atoms with Crippen LogP contribution in [0.5, 0.6) is 0 Å². The molecule has 0 saturated heterocycles. The number of hydrogen-bond acceptors (Lipinski definition) is 10. The highest BCUT2D eigenvalue weighted by molar-refractivity contribution is 7.47. The van der Waals surface area contributed by atoms with Gasteiger partial charge in [0.2, 0.25) is 0 Å². The second-order valence-corrected chi connectivity index (χ2v) is 14.8. The summed E-state index contributed by atoms with van der Waals surface area (Å²) in [7, 11) is -4.63. The van der Waals surface area contributed by atoms with Crippen molar-refractivity contribution in [2.24, 2.45) is 0 Å². The standard InChI is InChI=1S/C40H71O11P/c1-3-5-7-8-9-10-11-12-13-16-20-23-27-31-40(45)51-38(35-50-52(46,47)49-33-37(43)32-41)34-48-39(44)30-26-22-19-17-14-15-18-21-25-29-36(42)28-24-6-4-2/h10-11,18,21,25,29,37-38,41,43H,3-9,12-17,19-20,22-24,26-28,30-35H2,1-2H3,(H,46,47)/b11-10-,21-18-,29-25+/t37-,38+/m0/s1. The van der Waals surface area contributed by atoms with E-state index < -0.39 is 51.8 Å². The van der Waals surface area contributed by atoms with Crippen molar-refractivity contribution in [1.29, 1.82) is 0 Å². The lowest BCUT2D eigenvalue weighted by atomic mass is 10.1. The van der Waals surface area contributed by atoms with Gasteiger partial charge in [-0.2, -0.15) is 0 Å². The number of phosphoric ester groups is 1. The summed E-state index contributed by atoms with van der Waals surface area (Å²) in [6.07, 6.45) is 30.9. The summed E-state index contributed by atoms with van der Waals surface area (Å²) >= 11 is 0. The molecule has 302 valence electrons. The Morgan fingerprint density at radius 1 is 0.615 bits per heavy atom. The molecule has 0 bridgehead atoms. The van der Waals surface area contributed by atoms with Gasteiger partial charge in [-0.25, -0.2) is 4.57 Å². The van der Waals surface area contributed by atoms with E-state index in [9.17, 15) is 28.9 Å². The first-order chi connectivity index (χ1) is 25.1. The van der Waals surface area contributed by atoms with E-state index in [0.717, 1.165) is 89.9 Å². The number of ketones is 1. The molecule has 0 radical (unpaired) electrons. The monoisotopic (exact) mass is 758 g/mol. The molecule has 0 aromatic rings. The van der Waals surface area contributed by atoms with Crippen LogP contribution in [0.15, 0.2) is 36.5 Å². The summed E-state index contributed by atoms with van der Waals surface area (Å²) in [5.41, 5.74) is 0. The van der Waals surface area contributed by atoms with Gasteiger partial charge in [0.25, 0.3) is 0 Å². The molecule has 0 amide bonds. The molecule has 0 aliphatic carbocycles. The third-order valence-electron chi connectivity index (χ3n) is 8.24. The molecule has 0 aromatic heterocycles. The highest BCUT2D eigenvalue weighted by Crippen LogP contribution is 2.43. The minimum Gasteiger partial charge on any atom is -0.462 e. The van der Waals surface area contributed by atoms with E-state index in [1.165, 1.54) is 25.7 Å². The van der Waals surface area contributed by atoms with Crippen molar-refractivity contribution in [3.05, 3.63) is 36.5 Å². The van der Waals surface area contributed by atoms with Gasteiger partial charge in [0, 0.05) is 19.3 Å². The third-order valence-corrected chi connectivity index (χ3v) is 9.19. The first-order valence-electron chi connectivity index (χ1n) is 19.9. The van der Waals surface area contributed by atoms with Crippen LogP contribution in [0.2, 0.25) is 0 Å². The molecule has 0 fully saturated rings. The molecule has 0 aromatic carbocycles. The molecule has 11 nitrogen and oxygen atoms in total. The Bertz CT molecular complexity index is 1030. The molecular formula is C40H71O11P. The van der Waals surface area contributed by atoms with Crippen LogP contribution in [0, 0.1) is 0 Å². The Kier molecular flexibility index (Phi) is 34.4. The van der Waals surface area contributed by atoms with Gasteiger partial charge in [-0.3, -0.25) is 23.4 Å². The number of aliphatic hydroxyl groups is 2. The fourth-order valence-electron chi connectivity index (χ4n) is 5.09. The van der Waals surface area contributed by atoms with Crippen molar-refractivity contribution in [3.8, 4) is 0 Å². The number of rotatable bonds is 37. The normalized spacial score (nSPS) is 14.2. The summed E-state index contributed by atoms with van der Waals surface area (Å²) in [4.78, 5) is 46.6. The molecule has 0 aliphatic rings. The van der Waals surface area contributed by atoms with Crippen molar-refractivity contribution in [3.63, 3.8) is 0 Å². The van der Waals surface area contributed by atoms with Gasteiger partial charge in [-0.1, -0.05) is 115 Å². The third kappa shape index (κ3) is 34.9. The Balaban J connectivity index is 4.43. The molecule has 0 spiro atoms. The predicted molar refractivity (Wildman–Crippen MR) is 206 cm³/mol. The second kappa shape index (κ2) is 35.9. The molecule has 12 heteroatoms. The average Bonchev–Trinajstić information content (AvgIpc) is 3.12. The number of phosphoric acid groups is 1. The number of allylic oxidation sites excluding steroid dienone is 6. The van der Waals surface area contributed by atoms with Crippen molar-refractivity contribution >= 4 is 25.5 Å². The van der Waals surface area contributed by atoms with E-state index in [1.807, 2.05) is 6.08 Å². The quantitative estimate of drug-likeness (QED) is 0.0138. The second-order valence-electron chi connectivity index (χ2n) is 13.3. The fourth-order valence-corrected chi connectivity index (χ4v) is 5.87. The first kappa shape index (κ1) is 49.9. The molecule has 0 aliphatic heterocycles. The fraction of sp³-hybridized carbons (Fsp3) is 0.775. The van der Waals surface area contributed by atoms with Crippen LogP contribution in [0.3, 0.4) is 0 Å². The highest BCUT2D eigenvalue weighted by atomic mass is 31.2. The maximum absolute atomic E-state index is 12.5. The van der Waals surface area contributed by atoms with E-state index in [-0.39, 0.29) is 25.2 Å². The predicted octanol–water partition coefficient (Wildman–Crippen LogP) is 9.18. The van der Waals surface area contributed by atoms with Crippen molar-refractivity contribution < 1.29 is 52.6 Å². The van der Waals surface area contributed by atoms with E-state index in [2.05, 4.69) is 36.6 Å². The number of hydrogen-bond donors (Lipinski definition) is 3. The molecule has 0 saturated carbocycles. The summed E-state index contributed by atoms with van der Waals surface area (Å²) in [5, 5.41) is 18.3. The van der Waals surface area contributed by atoms with Gasteiger partial charge in [0.1, 0.15) is 12.7 Å². The van der Waals surface area contributed by atoms with Gasteiger partial charge in [-0.05, 0) is 63.9 Å². The maximum Gasteiger partial charge on any atom is 0.472 e. The summed E-state index contributed by atoms with van der Waals surface area (Å²) in [6.45, 7) is 2.13. The van der Waals surface area contributed by atoms with Gasteiger partial charge >= 0.3 is 19.8 Å². The van der Waals surface area contributed by atoms with Crippen LogP contribution in [-0.2, 0) is 37.5 Å². The SMILES string of the molecule is CCCCCC/C=C\CCCCCCCC(=O)O[C@H](COC(=O)CCCCCCC/C=C\C=C\C(=O)CCCCC)COP(=O)(O)OC[C@@H](O)CO. The number of esters is 2. The maximum atomic E-state index is 12.5. The highest BCUT2D eigenvalue weighted by Gasteiger charge is 2.27. The molecule has 0 heterocycles. The minimum atomic E-state index is -4.63. The van der Waals surface area contributed by atoms with E-state index in [0.29, 0.717) is 19.3 Å². The topological polar surface area (TPSA) is 166 Å². The van der Waals surface area contributed by atoms with Crippen LogP contribution in [0.1, 0.15) is 162 Å². The van der Waals surface area contributed by atoms with Crippen LogP contribution in [0.25, 0.3) is 0 Å². The Morgan fingerprint density at radius 3 is 1.73 bits per heavy atom. The zero-order valence-corrected chi connectivity index (χ0v) is 33.2. The molecule has 0 rings (SSSR count). The summed E-state index contributed by atoms with van der Waals surface area (Å²) in [6, 6.07) is 0. The lowest BCUT2D eigenvalue weighted by Gasteiger charge is -2.20. The van der Waals surface area contributed by atoms with Crippen LogP contribution < -0.4 is 0 Å². The minimum absolute atomic E-state index is 0.156. The zero-order chi connectivity index (χ0) is 38.5. The van der Waals surface area contributed by atoms with Crippen LogP contribution in [0.4, 0.5) is 0 Å². The van der Waals surface area contributed by atoms with Crippen molar-refractivity contribution in [2.45, 2.75) is 174 Å². The van der Waals surface area contributed by atoms with E-state index in [4.69, 9.17) is 19.1 Å². The Labute approximate surface area is 314 Å². The van der Waals surface area contributed by atoms with Crippen molar-refractivity contribution in [1.82, 2.24) is 0 Å². The van der Waals surface area contributed by atoms with Gasteiger partial charge in [0.05, 0.1) is 19.8 Å². The number of unbranched alkanes of at least 4 members (excludes halogenated alkanes) is 16. The lowest BCUT2D eigenvalue weighted by molar-refractivity contribution is -0.161. The lowest BCUT2D eigenvalue weighted by Crippen LogP contribution is -2.29. The smallest absolute Gasteiger partial charge is 0.462 e. The van der Waals surface area contributed by atoms with Crippen molar-refractivity contribution in [2.75, 3.05) is 26.4 Å². The number of carbonyl (C=O) groups excluding carboxylic acids is 3. The van der Waals surface area contributed by atoms with E-state index in [1.54, 1.807) is 12.2 Å². The number of ether oxygens (including phenoxy) is 2. The molecular weight excluding hydrogens is 687 g/mol. The Hall–Kier alpha value is -2.14. The van der Waals surface area contributed by atoms with Gasteiger partial charge in [0.15, 0.2) is 11.9 Å². The van der Waals surface area contributed by atoms with Gasteiger partial charge in [-0.15, -0.1) is 0 Å². The van der Waals surface area contributed by atoms with Gasteiger partial charge < -0.3 is 24.6 Å². The summed E-state index contributed by atoms with van der Waals surface area (Å²) in [5.74, 6) is -0.833. The molecule has 1 unspecified atom stereocenters. The first-order valence-corrected chi connectivity index (χ1v) is 21.4. The summed E-state index contributed by atoms with van der Waals surface area (Å²) < 4.78 is 32.5. The Morgan fingerprint density at radius 2 is 1.12 bits per heavy atom. The van der Waals surface area contributed by atoms with Crippen LogP contribution in [-0.4, -0.2) is 71.5 Å². The molecule has 3 atom stereocenters. The van der Waals surface area contributed by atoms with E-state index >= 15 is 0 Å². The van der Waals surface area contributed by atoms with Crippen LogP contribution >= 0.6 is 7.82 Å². The molecule has 3 N–H and O–H groups in total. The average molecular weight is 759 g/mol. The number of carbonyl (C=O) groups is 3. The zero-order valence-electron chi connectivity index (χ0n) is 32.3. The molecule has 52 heavy (non-hydrogen) atoms. The largest absolute Gasteiger partial charge is 0.472 e.